The van der Waals surface area contributed by atoms with Crippen molar-refractivity contribution in [3.63, 3.8) is 0 Å². The Balaban J connectivity index is 0.00000280. The zero-order chi connectivity index (χ0) is 19.4. The van der Waals surface area contributed by atoms with Crippen LogP contribution in [-0.4, -0.2) is 30.9 Å². The summed E-state index contributed by atoms with van der Waals surface area (Å²) in [5, 5.41) is 0.744. The number of benzene rings is 2. The van der Waals surface area contributed by atoms with E-state index >= 15 is 0 Å². The molecule has 3 rings (SSSR count). The first-order chi connectivity index (χ1) is 13.0. The minimum absolute atomic E-state index is 0. The van der Waals surface area contributed by atoms with Crippen LogP contribution in [0.4, 0.5) is 0 Å². The van der Waals surface area contributed by atoms with Gasteiger partial charge in [0.15, 0.2) is 11.4 Å². The number of hydrogen-bond acceptors (Lipinski definition) is 5. The van der Waals surface area contributed by atoms with E-state index in [1.165, 1.54) is 18.6 Å². The molecule has 0 radical (unpaired) electrons. The van der Waals surface area contributed by atoms with Crippen molar-refractivity contribution < 1.29 is 13.9 Å². The summed E-state index contributed by atoms with van der Waals surface area (Å²) in [5.41, 5.74) is 2.15. The third-order valence-corrected chi connectivity index (χ3v) is 4.46. The highest BCUT2D eigenvalue weighted by Gasteiger charge is 2.17. The number of ketones is 1. The lowest BCUT2D eigenvalue weighted by atomic mass is 10.0. The SMILES string of the molecule is CC(=O)c1c(OCCN(C)Cc2ccccc2)ccc2c(C)cc(=O)oc12.Cl. The molecule has 0 saturated carbocycles. The zero-order valence-electron chi connectivity index (χ0n) is 16.2. The Morgan fingerprint density at radius 3 is 2.54 bits per heavy atom. The molecule has 0 amide bonds. The van der Waals surface area contributed by atoms with E-state index in [-0.39, 0.29) is 18.2 Å². The first kappa shape index (κ1) is 21.7. The normalized spacial score (nSPS) is 10.7. The van der Waals surface area contributed by atoms with Crippen molar-refractivity contribution in [3.05, 3.63) is 75.6 Å². The van der Waals surface area contributed by atoms with Crippen LogP contribution in [0.3, 0.4) is 0 Å². The summed E-state index contributed by atoms with van der Waals surface area (Å²) in [7, 11) is 2.02. The molecule has 0 spiro atoms. The maximum Gasteiger partial charge on any atom is 0.336 e. The lowest BCUT2D eigenvalue weighted by Gasteiger charge is -2.18. The lowest BCUT2D eigenvalue weighted by Crippen LogP contribution is -2.24. The number of carbonyl (C=O) groups is 1. The second-order valence-electron chi connectivity index (χ2n) is 6.69. The molecule has 0 saturated heterocycles. The fraction of sp³-hybridized carbons (Fsp3) is 0.273. The second-order valence-corrected chi connectivity index (χ2v) is 6.69. The molecule has 0 fully saturated rings. The molecule has 28 heavy (non-hydrogen) atoms. The van der Waals surface area contributed by atoms with Gasteiger partial charge in [-0.15, -0.1) is 12.4 Å². The Labute approximate surface area is 170 Å². The van der Waals surface area contributed by atoms with Crippen LogP contribution < -0.4 is 10.4 Å². The number of aryl methyl sites for hydroxylation is 1. The van der Waals surface area contributed by atoms with Crippen molar-refractivity contribution in [2.75, 3.05) is 20.2 Å². The van der Waals surface area contributed by atoms with Crippen LogP contribution >= 0.6 is 12.4 Å². The number of carbonyl (C=O) groups excluding carboxylic acids is 1. The quantitative estimate of drug-likeness (QED) is 0.438. The highest BCUT2D eigenvalue weighted by molar-refractivity contribution is 6.07. The molecule has 0 atom stereocenters. The highest BCUT2D eigenvalue weighted by Crippen LogP contribution is 2.29. The van der Waals surface area contributed by atoms with E-state index in [1.54, 1.807) is 6.07 Å². The van der Waals surface area contributed by atoms with Crippen LogP contribution in [0.15, 0.2) is 57.7 Å². The van der Waals surface area contributed by atoms with Crippen molar-refractivity contribution in [2.24, 2.45) is 0 Å². The summed E-state index contributed by atoms with van der Waals surface area (Å²) in [6.45, 7) is 5.20. The van der Waals surface area contributed by atoms with Gasteiger partial charge in [-0.2, -0.15) is 0 Å². The summed E-state index contributed by atoms with van der Waals surface area (Å²) < 4.78 is 11.2. The number of ether oxygens (including phenoxy) is 1. The Hall–Kier alpha value is -2.63. The van der Waals surface area contributed by atoms with Crippen molar-refractivity contribution in [3.8, 4) is 5.75 Å². The minimum Gasteiger partial charge on any atom is -0.491 e. The van der Waals surface area contributed by atoms with Gasteiger partial charge in [-0.3, -0.25) is 9.69 Å². The first-order valence-electron chi connectivity index (χ1n) is 8.89. The summed E-state index contributed by atoms with van der Waals surface area (Å²) in [5.74, 6) is 0.249. The predicted octanol–water partition coefficient (Wildman–Crippen LogP) is 4.24. The average molecular weight is 402 g/mol. The number of likely N-dealkylation sites (N-methyl/N-ethyl adjacent to an activating group) is 1. The molecule has 0 aliphatic heterocycles. The van der Waals surface area contributed by atoms with Gasteiger partial charge in [0.25, 0.3) is 0 Å². The van der Waals surface area contributed by atoms with E-state index in [9.17, 15) is 9.59 Å². The number of fused-ring (bicyclic) bond motifs is 1. The maximum atomic E-state index is 12.2. The molecule has 1 heterocycles. The van der Waals surface area contributed by atoms with Crippen molar-refractivity contribution >= 4 is 29.2 Å². The molecule has 3 aromatic rings. The van der Waals surface area contributed by atoms with E-state index in [0.29, 0.717) is 30.0 Å². The molecule has 0 N–H and O–H groups in total. The molecule has 5 nitrogen and oxygen atoms in total. The Morgan fingerprint density at radius 1 is 1.14 bits per heavy atom. The van der Waals surface area contributed by atoms with Crippen LogP contribution in [0.1, 0.15) is 28.4 Å². The van der Waals surface area contributed by atoms with Crippen molar-refractivity contribution in [2.45, 2.75) is 20.4 Å². The molecular formula is C22H24ClNO4. The van der Waals surface area contributed by atoms with Gasteiger partial charge in [0.1, 0.15) is 17.9 Å². The number of rotatable bonds is 7. The van der Waals surface area contributed by atoms with E-state index < -0.39 is 5.63 Å². The fourth-order valence-corrected chi connectivity index (χ4v) is 3.10. The molecule has 0 bridgehead atoms. The van der Waals surface area contributed by atoms with Crippen LogP contribution in [0.5, 0.6) is 5.75 Å². The Kier molecular flexibility index (Phi) is 7.38. The molecule has 0 aliphatic carbocycles. The lowest BCUT2D eigenvalue weighted by molar-refractivity contribution is 0.101. The maximum absolute atomic E-state index is 12.2. The predicted molar refractivity (Wildman–Crippen MR) is 113 cm³/mol. The Morgan fingerprint density at radius 2 is 1.86 bits per heavy atom. The molecular weight excluding hydrogens is 378 g/mol. The molecule has 148 valence electrons. The van der Waals surface area contributed by atoms with Gasteiger partial charge in [0.2, 0.25) is 0 Å². The van der Waals surface area contributed by atoms with E-state index in [4.69, 9.17) is 9.15 Å². The first-order valence-corrected chi connectivity index (χ1v) is 8.89. The number of hydrogen-bond donors (Lipinski definition) is 0. The molecule has 0 unspecified atom stereocenters. The van der Waals surface area contributed by atoms with Crippen LogP contribution in [0.2, 0.25) is 0 Å². The Bertz CT molecular complexity index is 1010. The summed E-state index contributed by atoms with van der Waals surface area (Å²) in [6, 6.07) is 15.2. The van der Waals surface area contributed by atoms with Gasteiger partial charge in [-0.1, -0.05) is 30.3 Å². The molecule has 1 aromatic heterocycles. The third kappa shape index (κ3) is 5.00. The average Bonchev–Trinajstić information content (AvgIpc) is 2.61. The number of nitrogens with zero attached hydrogens (tertiary/aromatic N) is 1. The van der Waals surface area contributed by atoms with Crippen LogP contribution in [0.25, 0.3) is 11.0 Å². The second kappa shape index (κ2) is 9.53. The number of Topliss-reactive ketones (excluding diaryl/α,β-unsaturated/α-hetero) is 1. The number of halogens is 1. The largest absolute Gasteiger partial charge is 0.491 e. The zero-order valence-corrected chi connectivity index (χ0v) is 17.0. The topological polar surface area (TPSA) is 59.8 Å². The summed E-state index contributed by atoms with van der Waals surface area (Å²) in [4.78, 5) is 26.1. The smallest absolute Gasteiger partial charge is 0.336 e. The van der Waals surface area contributed by atoms with Gasteiger partial charge in [0, 0.05) is 24.5 Å². The minimum atomic E-state index is -0.470. The van der Waals surface area contributed by atoms with Crippen molar-refractivity contribution in [1.82, 2.24) is 4.90 Å². The standard InChI is InChI=1S/C22H23NO4.ClH/c1-15-13-20(25)27-22-18(15)9-10-19(21(22)16(2)24)26-12-11-23(3)14-17-7-5-4-6-8-17;/h4-10,13H,11-12,14H2,1-3H3;1H. The highest BCUT2D eigenvalue weighted by atomic mass is 35.5. The summed E-state index contributed by atoms with van der Waals surface area (Å²) in [6.07, 6.45) is 0. The fourth-order valence-electron chi connectivity index (χ4n) is 3.10. The van der Waals surface area contributed by atoms with Gasteiger partial charge in [0.05, 0.1) is 0 Å². The molecule has 6 heteroatoms. The van der Waals surface area contributed by atoms with Crippen molar-refractivity contribution in [1.29, 1.82) is 0 Å². The monoisotopic (exact) mass is 401 g/mol. The van der Waals surface area contributed by atoms with Crippen LogP contribution in [-0.2, 0) is 6.54 Å². The van der Waals surface area contributed by atoms with Gasteiger partial charge in [-0.25, -0.2) is 4.79 Å². The van der Waals surface area contributed by atoms with E-state index in [1.807, 2.05) is 38.2 Å². The van der Waals surface area contributed by atoms with E-state index in [2.05, 4.69) is 17.0 Å². The van der Waals surface area contributed by atoms with Gasteiger partial charge in [-0.05, 0) is 44.2 Å². The van der Waals surface area contributed by atoms with Gasteiger partial charge >= 0.3 is 5.63 Å². The molecule has 0 aliphatic rings. The molecule has 2 aromatic carbocycles. The third-order valence-electron chi connectivity index (χ3n) is 4.46. The van der Waals surface area contributed by atoms with Gasteiger partial charge < -0.3 is 9.15 Å². The van der Waals surface area contributed by atoms with E-state index in [0.717, 1.165) is 17.5 Å². The van der Waals surface area contributed by atoms with Crippen LogP contribution in [0, 0.1) is 6.92 Å². The summed E-state index contributed by atoms with van der Waals surface area (Å²) >= 11 is 0.